The van der Waals surface area contributed by atoms with Crippen LogP contribution in [0, 0.1) is 0 Å². The molecule has 28 heavy (non-hydrogen) atoms. The molecule has 0 aliphatic rings. The van der Waals surface area contributed by atoms with Gasteiger partial charge in [-0.25, -0.2) is 5.43 Å². The molecule has 0 saturated carbocycles. The van der Waals surface area contributed by atoms with E-state index in [4.69, 9.17) is 16.7 Å². The number of rotatable bonds is 9. The Kier molecular flexibility index (Phi) is 8.17. The van der Waals surface area contributed by atoms with Gasteiger partial charge in [0.1, 0.15) is 0 Å². The molecule has 2 amide bonds. The van der Waals surface area contributed by atoms with Gasteiger partial charge in [-0.1, -0.05) is 54.1 Å². The number of hydrogen-bond donors (Lipinski definition) is 3. The SMILES string of the molecule is O=C(O)CC/C(=N\NC(=O)CNC(=O)Cc1ccc(Cl)cc1)c1ccccc1. The van der Waals surface area contributed by atoms with Crippen LogP contribution in [0.4, 0.5) is 0 Å². The molecule has 0 spiro atoms. The van der Waals surface area contributed by atoms with Crippen molar-refractivity contribution in [3.63, 3.8) is 0 Å². The minimum atomic E-state index is -0.954. The van der Waals surface area contributed by atoms with Gasteiger partial charge >= 0.3 is 5.97 Å². The first-order valence-electron chi connectivity index (χ1n) is 8.58. The highest BCUT2D eigenvalue weighted by Crippen LogP contribution is 2.10. The van der Waals surface area contributed by atoms with Crippen molar-refractivity contribution in [2.75, 3.05) is 6.54 Å². The predicted molar refractivity (Wildman–Crippen MR) is 106 cm³/mol. The molecule has 0 aromatic heterocycles. The number of nitrogens with one attached hydrogen (secondary N) is 2. The first-order valence-corrected chi connectivity index (χ1v) is 8.95. The number of nitrogens with zero attached hydrogens (tertiary/aromatic N) is 1. The Hall–Kier alpha value is -3.19. The Morgan fingerprint density at radius 3 is 2.25 bits per heavy atom. The highest BCUT2D eigenvalue weighted by atomic mass is 35.5. The second kappa shape index (κ2) is 10.8. The predicted octanol–water partition coefficient (Wildman–Crippen LogP) is 2.38. The summed E-state index contributed by atoms with van der Waals surface area (Å²) in [6, 6.07) is 15.8. The third-order valence-corrected chi connectivity index (χ3v) is 3.97. The molecule has 0 unspecified atom stereocenters. The Labute approximate surface area is 167 Å². The number of carboxylic acid groups (broad SMARTS) is 1. The highest BCUT2D eigenvalue weighted by Gasteiger charge is 2.09. The fraction of sp³-hybridized carbons (Fsp3) is 0.200. The third-order valence-electron chi connectivity index (χ3n) is 3.72. The standard InChI is InChI=1S/C20H20ClN3O4/c21-16-8-6-14(7-9-16)12-18(25)22-13-19(26)24-23-17(10-11-20(27)28)15-4-2-1-3-5-15/h1-9H,10-13H2,(H,22,25)(H,24,26)(H,27,28)/b23-17+. The van der Waals surface area contributed by atoms with E-state index in [0.717, 1.165) is 11.1 Å². The fourth-order valence-corrected chi connectivity index (χ4v) is 2.45. The van der Waals surface area contributed by atoms with Crippen LogP contribution >= 0.6 is 11.6 Å². The van der Waals surface area contributed by atoms with Gasteiger partial charge in [-0.3, -0.25) is 14.4 Å². The third kappa shape index (κ3) is 7.59. The molecule has 2 rings (SSSR count). The van der Waals surface area contributed by atoms with Crippen molar-refractivity contribution in [3.8, 4) is 0 Å². The summed E-state index contributed by atoms with van der Waals surface area (Å²) in [6.07, 6.45) is 0.186. The minimum Gasteiger partial charge on any atom is -0.481 e. The molecule has 0 fully saturated rings. The van der Waals surface area contributed by atoms with Crippen LogP contribution in [0.25, 0.3) is 0 Å². The summed E-state index contributed by atoms with van der Waals surface area (Å²) >= 11 is 5.80. The maximum Gasteiger partial charge on any atom is 0.303 e. The number of benzene rings is 2. The molecule has 0 radical (unpaired) electrons. The van der Waals surface area contributed by atoms with Crippen molar-refractivity contribution in [3.05, 3.63) is 70.7 Å². The molecule has 3 N–H and O–H groups in total. The van der Waals surface area contributed by atoms with E-state index in [9.17, 15) is 14.4 Å². The Balaban J connectivity index is 1.87. The van der Waals surface area contributed by atoms with E-state index in [2.05, 4.69) is 15.8 Å². The van der Waals surface area contributed by atoms with Gasteiger partial charge in [0.2, 0.25) is 5.91 Å². The van der Waals surface area contributed by atoms with E-state index in [0.29, 0.717) is 10.7 Å². The van der Waals surface area contributed by atoms with Crippen LogP contribution in [0.2, 0.25) is 5.02 Å². The van der Waals surface area contributed by atoms with Crippen molar-refractivity contribution in [2.45, 2.75) is 19.3 Å². The number of hydrogen-bond acceptors (Lipinski definition) is 4. The zero-order valence-electron chi connectivity index (χ0n) is 15.0. The molecule has 2 aromatic rings. The van der Waals surface area contributed by atoms with E-state index >= 15 is 0 Å². The summed E-state index contributed by atoms with van der Waals surface area (Å²) in [5, 5.41) is 16.0. The molecule has 146 valence electrons. The summed E-state index contributed by atoms with van der Waals surface area (Å²) in [4.78, 5) is 34.7. The second-order valence-corrected chi connectivity index (χ2v) is 6.37. The summed E-state index contributed by atoms with van der Waals surface area (Å²) in [5.41, 5.74) is 4.30. The zero-order chi connectivity index (χ0) is 20.4. The number of halogens is 1. The van der Waals surface area contributed by atoms with Crippen molar-refractivity contribution in [2.24, 2.45) is 5.10 Å². The monoisotopic (exact) mass is 401 g/mol. The van der Waals surface area contributed by atoms with E-state index in [1.807, 2.05) is 6.07 Å². The van der Waals surface area contributed by atoms with Gasteiger partial charge in [0.25, 0.3) is 5.91 Å². The molecule has 0 bridgehead atoms. The number of hydrazone groups is 1. The van der Waals surface area contributed by atoms with E-state index in [1.54, 1.807) is 48.5 Å². The van der Waals surface area contributed by atoms with Crippen LogP contribution in [-0.4, -0.2) is 35.1 Å². The maximum absolute atomic E-state index is 12.0. The Morgan fingerprint density at radius 2 is 1.61 bits per heavy atom. The van der Waals surface area contributed by atoms with Gasteiger partial charge in [-0.2, -0.15) is 5.10 Å². The van der Waals surface area contributed by atoms with Crippen molar-refractivity contribution in [1.29, 1.82) is 0 Å². The summed E-state index contributed by atoms with van der Waals surface area (Å²) in [7, 11) is 0. The maximum atomic E-state index is 12.0. The van der Waals surface area contributed by atoms with Crippen molar-refractivity contribution >= 4 is 35.1 Å². The van der Waals surface area contributed by atoms with Crippen LogP contribution in [0.1, 0.15) is 24.0 Å². The van der Waals surface area contributed by atoms with Crippen LogP contribution in [-0.2, 0) is 20.8 Å². The Bertz CT molecular complexity index is 852. The normalized spacial score (nSPS) is 11.0. The zero-order valence-corrected chi connectivity index (χ0v) is 15.8. The number of aliphatic carboxylic acids is 1. The second-order valence-electron chi connectivity index (χ2n) is 5.93. The molecule has 0 aliphatic heterocycles. The quantitative estimate of drug-likeness (QED) is 0.442. The average Bonchev–Trinajstić information content (AvgIpc) is 2.68. The first-order chi connectivity index (χ1) is 13.4. The van der Waals surface area contributed by atoms with Crippen molar-refractivity contribution in [1.82, 2.24) is 10.7 Å². The molecule has 0 heterocycles. The van der Waals surface area contributed by atoms with Gasteiger partial charge in [0, 0.05) is 11.4 Å². The summed E-state index contributed by atoms with van der Waals surface area (Å²) in [5.74, 6) is -1.77. The lowest BCUT2D eigenvalue weighted by molar-refractivity contribution is -0.136. The largest absolute Gasteiger partial charge is 0.481 e. The topological polar surface area (TPSA) is 108 Å². The van der Waals surface area contributed by atoms with Crippen LogP contribution in [0.5, 0.6) is 0 Å². The van der Waals surface area contributed by atoms with Crippen molar-refractivity contribution < 1.29 is 19.5 Å². The highest BCUT2D eigenvalue weighted by molar-refractivity contribution is 6.30. The van der Waals surface area contributed by atoms with Gasteiger partial charge < -0.3 is 10.4 Å². The fourth-order valence-electron chi connectivity index (χ4n) is 2.32. The van der Waals surface area contributed by atoms with E-state index in [-0.39, 0.29) is 31.7 Å². The average molecular weight is 402 g/mol. The molecule has 7 nitrogen and oxygen atoms in total. The lowest BCUT2D eigenvalue weighted by Gasteiger charge is -2.08. The Morgan fingerprint density at radius 1 is 0.929 bits per heavy atom. The van der Waals surface area contributed by atoms with Gasteiger partial charge in [-0.15, -0.1) is 0 Å². The van der Waals surface area contributed by atoms with Crippen LogP contribution in [0.15, 0.2) is 59.7 Å². The number of carbonyl (C=O) groups excluding carboxylic acids is 2. The number of carboxylic acids is 1. The molecule has 2 aromatic carbocycles. The lowest BCUT2D eigenvalue weighted by Crippen LogP contribution is -2.36. The van der Waals surface area contributed by atoms with Crippen LogP contribution < -0.4 is 10.7 Å². The molecule has 0 aliphatic carbocycles. The van der Waals surface area contributed by atoms with E-state index < -0.39 is 11.9 Å². The number of carbonyl (C=O) groups is 3. The van der Waals surface area contributed by atoms with Gasteiger partial charge in [-0.05, 0) is 23.3 Å². The van der Waals surface area contributed by atoms with Crippen LogP contribution in [0.3, 0.4) is 0 Å². The lowest BCUT2D eigenvalue weighted by atomic mass is 10.1. The van der Waals surface area contributed by atoms with Gasteiger partial charge in [0.15, 0.2) is 0 Å². The first kappa shape index (κ1) is 21.1. The molecule has 8 heteroatoms. The molecule has 0 saturated heterocycles. The smallest absolute Gasteiger partial charge is 0.303 e. The summed E-state index contributed by atoms with van der Waals surface area (Å²) < 4.78 is 0. The molecular formula is C20H20ClN3O4. The molecule has 0 atom stereocenters. The number of amides is 2. The molecular weight excluding hydrogens is 382 g/mol. The van der Waals surface area contributed by atoms with Gasteiger partial charge in [0.05, 0.1) is 25.1 Å². The summed E-state index contributed by atoms with van der Waals surface area (Å²) in [6.45, 7) is -0.239. The van der Waals surface area contributed by atoms with E-state index in [1.165, 1.54) is 0 Å². The minimum absolute atomic E-state index is 0.110.